The molecule has 9 nitrogen and oxygen atoms in total. The second-order valence-electron chi connectivity index (χ2n) is 7.00. The smallest absolute Gasteiger partial charge is 0.376 e. The van der Waals surface area contributed by atoms with Crippen molar-refractivity contribution in [1.29, 1.82) is 0 Å². The molecule has 0 saturated heterocycles. The number of H-pyrrole nitrogens is 1. The van der Waals surface area contributed by atoms with Crippen LogP contribution in [0.2, 0.25) is 0 Å². The number of nitrogens with one attached hydrogen (secondary N) is 1. The number of fused-ring (bicyclic) bond motifs is 1. The van der Waals surface area contributed by atoms with E-state index < -0.39 is 23.1 Å². The summed E-state index contributed by atoms with van der Waals surface area (Å²) in [5.41, 5.74) is -0.966. The van der Waals surface area contributed by atoms with Gasteiger partial charge in [-0.3, -0.25) is 0 Å². The van der Waals surface area contributed by atoms with Crippen molar-refractivity contribution in [3.05, 3.63) is 17.8 Å². The zero-order valence-electron chi connectivity index (χ0n) is 14.8. The van der Waals surface area contributed by atoms with E-state index in [1.54, 1.807) is 41.5 Å². The monoisotopic (exact) mass is 337 g/mol. The van der Waals surface area contributed by atoms with E-state index in [9.17, 15) is 9.59 Å². The first-order chi connectivity index (χ1) is 10.5. The molecule has 0 atom stereocenters. The van der Waals surface area contributed by atoms with Crippen LogP contribution in [0.25, 0.3) is 11.2 Å². The first-order valence-electron chi connectivity index (χ1n) is 7.14. The first-order valence-corrected chi connectivity index (χ1v) is 7.14. The van der Waals surface area contributed by atoms with E-state index in [2.05, 4.69) is 19.9 Å². The molecule has 0 saturated carbocycles. The Kier molecular flexibility index (Phi) is 5.30. The van der Waals surface area contributed by atoms with E-state index in [1.807, 2.05) is 0 Å². The molecule has 0 aliphatic heterocycles. The highest BCUT2D eigenvalue weighted by molar-refractivity contribution is 6.00. The minimum absolute atomic E-state index is 0. The van der Waals surface area contributed by atoms with Gasteiger partial charge in [0, 0.05) is 0 Å². The summed E-state index contributed by atoms with van der Waals surface area (Å²) in [6.07, 6.45) is 1.37. The lowest BCUT2D eigenvalue weighted by Crippen LogP contribution is -2.27. The summed E-state index contributed by atoms with van der Waals surface area (Å²) < 4.78 is 10.5. The van der Waals surface area contributed by atoms with Crippen molar-refractivity contribution >= 4 is 23.1 Å². The summed E-state index contributed by atoms with van der Waals surface area (Å²) in [6, 6.07) is 0. The van der Waals surface area contributed by atoms with Gasteiger partial charge in [0.2, 0.25) is 5.82 Å². The predicted octanol–water partition coefficient (Wildman–Crippen LogP) is 2.43. The maximum absolute atomic E-state index is 12.3. The molecule has 0 aromatic carbocycles. The fraction of sp³-hybridized carbons (Fsp3) is 0.533. The van der Waals surface area contributed by atoms with Crippen molar-refractivity contribution in [1.82, 2.24) is 26.1 Å². The zero-order valence-corrected chi connectivity index (χ0v) is 14.8. The molecule has 9 heteroatoms. The summed E-state index contributed by atoms with van der Waals surface area (Å²) in [4.78, 5) is 39.3. The third-order valence-electron chi connectivity index (χ3n) is 2.45. The van der Waals surface area contributed by atoms with Gasteiger partial charge in [-0.1, -0.05) is 0 Å². The highest BCUT2D eigenvalue weighted by atomic mass is 16.6. The van der Waals surface area contributed by atoms with E-state index >= 15 is 0 Å². The molecule has 0 amide bonds. The lowest BCUT2D eigenvalue weighted by molar-refractivity contribution is 0.00534. The van der Waals surface area contributed by atoms with Crippen molar-refractivity contribution in [2.24, 2.45) is 0 Å². The number of carbonyl (C=O) groups excluding carboxylic acids is 2. The zero-order chi connectivity index (χ0) is 17.4. The van der Waals surface area contributed by atoms with Crippen molar-refractivity contribution in [2.75, 3.05) is 0 Å². The number of rotatable bonds is 2. The average Bonchev–Trinajstić information content (AvgIpc) is 2.81. The number of ether oxygens (including phenoxy) is 2. The van der Waals surface area contributed by atoms with Crippen LogP contribution in [-0.2, 0) is 9.47 Å². The normalized spacial score (nSPS) is 11.8. The van der Waals surface area contributed by atoms with Crippen LogP contribution >= 0.6 is 0 Å². The van der Waals surface area contributed by atoms with Crippen molar-refractivity contribution in [3.63, 3.8) is 0 Å². The number of nitrogens with zero attached hydrogens (tertiary/aromatic N) is 3. The van der Waals surface area contributed by atoms with Crippen LogP contribution in [0.3, 0.4) is 0 Å². The van der Waals surface area contributed by atoms with Crippen molar-refractivity contribution < 1.29 is 19.1 Å². The fourth-order valence-corrected chi connectivity index (χ4v) is 1.72. The molecule has 0 aliphatic rings. The predicted molar refractivity (Wildman–Crippen MR) is 87.0 cm³/mol. The maximum Gasteiger partial charge on any atom is 0.376 e. The fourth-order valence-electron chi connectivity index (χ4n) is 1.72. The standard InChI is InChI=1S/C15H20N4O4.H3N/c1-14(2,3)22-12(20)9-8-10(17-7-16-8)19-11(18-9)13(21)23-15(4,5)6;/h7H,1-6H3,(H,16,17,18,19);1H3. The lowest BCUT2D eigenvalue weighted by Gasteiger charge is -2.20. The molecule has 2 heterocycles. The highest BCUT2D eigenvalue weighted by Gasteiger charge is 2.27. The number of aromatic nitrogens is 4. The van der Waals surface area contributed by atoms with Crippen LogP contribution in [0.15, 0.2) is 6.33 Å². The topological polar surface area (TPSA) is 142 Å². The molecule has 2 aromatic heterocycles. The van der Waals surface area contributed by atoms with Crippen LogP contribution < -0.4 is 6.15 Å². The quantitative estimate of drug-likeness (QED) is 0.795. The number of esters is 2. The van der Waals surface area contributed by atoms with E-state index in [0.29, 0.717) is 0 Å². The van der Waals surface area contributed by atoms with Gasteiger partial charge in [-0.05, 0) is 41.5 Å². The summed E-state index contributed by atoms with van der Waals surface area (Å²) in [6.45, 7) is 10.4. The van der Waals surface area contributed by atoms with Crippen LogP contribution in [0.5, 0.6) is 0 Å². The van der Waals surface area contributed by atoms with E-state index in [4.69, 9.17) is 9.47 Å². The van der Waals surface area contributed by atoms with E-state index in [0.717, 1.165) is 0 Å². The minimum atomic E-state index is -0.723. The van der Waals surface area contributed by atoms with E-state index in [1.165, 1.54) is 6.33 Å². The Labute approximate surface area is 139 Å². The molecule has 2 rings (SSSR count). The highest BCUT2D eigenvalue weighted by Crippen LogP contribution is 2.18. The number of imidazole rings is 1. The van der Waals surface area contributed by atoms with Gasteiger partial charge in [0.25, 0.3) is 0 Å². The van der Waals surface area contributed by atoms with Crippen LogP contribution in [-0.4, -0.2) is 43.1 Å². The van der Waals surface area contributed by atoms with Gasteiger partial charge in [-0.2, -0.15) is 0 Å². The Morgan fingerprint density at radius 3 is 2.04 bits per heavy atom. The number of carbonyl (C=O) groups is 2. The van der Waals surface area contributed by atoms with E-state index in [-0.39, 0.29) is 28.8 Å². The van der Waals surface area contributed by atoms with Gasteiger partial charge >= 0.3 is 11.9 Å². The van der Waals surface area contributed by atoms with Gasteiger partial charge in [0.15, 0.2) is 11.3 Å². The van der Waals surface area contributed by atoms with Gasteiger partial charge in [-0.15, -0.1) is 0 Å². The first kappa shape index (κ1) is 19.5. The molecule has 0 radical (unpaired) electrons. The third-order valence-corrected chi connectivity index (χ3v) is 2.45. The molecular weight excluding hydrogens is 314 g/mol. The van der Waals surface area contributed by atoms with Crippen LogP contribution in [0, 0.1) is 0 Å². The summed E-state index contributed by atoms with van der Waals surface area (Å²) in [5.74, 6) is -1.63. The molecule has 0 unspecified atom stereocenters. The Morgan fingerprint density at radius 2 is 1.50 bits per heavy atom. The van der Waals surface area contributed by atoms with Crippen LogP contribution in [0.1, 0.15) is 62.6 Å². The van der Waals surface area contributed by atoms with Crippen LogP contribution in [0.4, 0.5) is 0 Å². The number of hydrogen-bond acceptors (Lipinski definition) is 8. The molecule has 4 N–H and O–H groups in total. The molecule has 24 heavy (non-hydrogen) atoms. The second-order valence-corrected chi connectivity index (χ2v) is 7.00. The van der Waals surface area contributed by atoms with Gasteiger partial charge in [0.05, 0.1) is 6.33 Å². The molecule has 0 bridgehead atoms. The molecule has 2 aromatic rings. The number of hydrogen-bond donors (Lipinski definition) is 2. The lowest BCUT2D eigenvalue weighted by atomic mass is 10.2. The van der Waals surface area contributed by atoms with Crippen molar-refractivity contribution in [3.8, 4) is 0 Å². The largest absolute Gasteiger partial charge is 0.455 e. The Morgan fingerprint density at radius 1 is 0.958 bits per heavy atom. The maximum atomic E-state index is 12.3. The summed E-state index contributed by atoms with van der Waals surface area (Å²) in [5, 5.41) is 0. The molecule has 0 aliphatic carbocycles. The Balaban J connectivity index is 0.00000288. The second kappa shape index (κ2) is 6.52. The number of aromatic amines is 1. The molecule has 0 spiro atoms. The minimum Gasteiger partial charge on any atom is -0.455 e. The van der Waals surface area contributed by atoms with Gasteiger partial charge in [-0.25, -0.2) is 24.5 Å². The average molecular weight is 337 g/mol. The molecule has 132 valence electrons. The molecular formula is C15H23N5O4. The summed E-state index contributed by atoms with van der Waals surface area (Å²) in [7, 11) is 0. The Hall–Kier alpha value is -2.55. The van der Waals surface area contributed by atoms with Crippen molar-refractivity contribution in [2.45, 2.75) is 52.7 Å². The SMILES string of the molecule is CC(C)(C)OC(=O)c1nc(C(=O)OC(C)(C)C)c2nc[nH]c2n1.N. The van der Waals surface area contributed by atoms with Gasteiger partial charge < -0.3 is 20.6 Å². The third kappa shape index (κ3) is 4.72. The molecule has 0 fully saturated rings. The summed E-state index contributed by atoms with van der Waals surface area (Å²) >= 11 is 0. The van der Waals surface area contributed by atoms with Gasteiger partial charge in [0.1, 0.15) is 16.7 Å². The Bertz CT molecular complexity index is 755.